The fourth-order valence-corrected chi connectivity index (χ4v) is 1.26. The van der Waals surface area contributed by atoms with Gasteiger partial charge >= 0.3 is 0 Å². The summed E-state index contributed by atoms with van der Waals surface area (Å²) in [5.74, 6) is 0. The lowest BCUT2D eigenvalue weighted by atomic mass is 10.1. The van der Waals surface area contributed by atoms with Gasteiger partial charge in [-0.2, -0.15) is 0 Å². The molecule has 0 fully saturated rings. The summed E-state index contributed by atoms with van der Waals surface area (Å²) in [6, 6.07) is 7.15. The number of aryl methyl sites for hydroxylation is 1. The van der Waals surface area contributed by atoms with Crippen molar-refractivity contribution in [2.75, 3.05) is 6.54 Å². The van der Waals surface area contributed by atoms with Crippen molar-refractivity contribution in [3.63, 3.8) is 0 Å². The van der Waals surface area contributed by atoms with Crippen LogP contribution < -0.4 is 0 Å². The van der Waals surface area contributed by atoms with Gasteiger partial charge in [-0.3, -0.25) is 0 Å². The van der Waals surface area contributed by atoms with Crippen LogP contribution in [0.25, 0.3) is 20.9 Å². The van der Waals surface area contributed by atoms with Gasteiger partial charge in [-0.05, 0) is 23.5 Å². The molecule has 1 unspecified atom stereocenters. The lowest BCUT2D eigenvalue weighted by molar-refractivity contribution is 0.726. The molecular formula is C9H10N6. The third-order valence-electron chi connectivity index (χ3n) is 1.94. The van der Waals surface area contributed by atoms with Crippen LogP contribution in [-0.4, -0.2) is 6.54 Å². The molecule has 1 rings (SSSR count). The Morgan fingerprint density at radius 1 is 1.33 bits per heavy atom. The molecule has 1 aromatic rings. The average molecular weight is 202 g/mol. The second kappa shape index (κ2) is 5.54. The summed E-state index contributed by atoms with van der Waals surface area (Å²) < 4.78 is 0. The smallest absolute Gasteiger partial charge is 0.0681 e. The van der Waals surface area contributed by atoms with Gasteiger partial charge in [0.25, 0.3) is 0 Å². The molecule has 0 amide bonds. The third-order valence-corrected chi connectivity index (χ3v) is 1.94. The molecule has 0 aromatic heterocycles. The Hall–Kier alpha value is -2.16. The van der Waals surface area contributed by atoms with E-state index < -0.39 is 6.04 Å². The molecule has 1 atom stereocenters. The van der Waals surface area contributed by atoms with Crippen LogP contribution in [0.3, 0.4) is 0 Å². The summed E-state index contributed by atoms with van der Waals surface area (Å²) >= 11 is 0. The summed E-state index contributed by atoms with van der Waals surface area (Å²) in [5.41, 5.74) is 18.5. The van der Waals surface area contributed by atoms with Crippen molar-refractivity contribution < 1.29 is 0 Å². The van der Waals surface area contributed by atoms with Crippen molar-refractivity contribution in [3.8, 4) is 0 Å². The second-order valence-corrected chi connectivity index (χ2v) is 3.05. The van der Waals surface area contributed by atoms with Crippen molar-refractivity contribution in [2.24, 2.45) is 10.2 Å². The van der Waals surface area contributed by atoms with E-state index >= 15 is 0 Å². The highest BCUT2D eigenvalue weighted by Gasteiger charge is 2.07. The fourth-order valence-electron chi connectivity index (χ4n) is 1.26. The van der Waals surface area contributed by atoms with Gasteiger partial charge in [0.1, 0.15) is 0 Å². The van der Waals surface area contributed by atoms with Gasteiger partial charge in [-0.1, -0.05) is 40.1 Å². The van der Waals surface area contributed by atoms with Crippen molar-refractivity contribution in [2.45, 2.75) is 13.0 Å². The average Bonchev–Trinajstić information content (AvgIpc) is 2.24. The van der Waals surface area contributed by atoms with E-state index in [0.29, 0.717) is 0 Å². The molecule has 6 heteroatoms. The first-order chi connectivity index (χ1) is 7.27. The predicted molar refractivity (Wildman–Crippen MR) is 57.1 cm³/mol. The van der Waals surface area contributed by atoms with E-state index in [4.69, 9.17) is 11.1 Å². The maximum absolute atomic E-state index is 8.39. The highest BCUT2D eigenvalue weighted by atomic mass is 15.2. The number of hydrogen-bond acceptors (Lipinski definition) is 2. The Labute approximate surface area is 86.8 Å². The van der Waals surface area contributed by atoms with Crippen LogP contribution in [-0.2, 0) is 0 Å². The lowest BCUT2D eigenvalue weighted by Crippen LogP contribution is -1.98. The minimum atomic E-state index is -0.425. The monoisotopic (exact) mass is 202 g/mol. The maximum atomic E-state index is 8.39. The van der Waals surface area contributed by atoms with Gasteiger partial charge < -0.3 is 0 Å². The summed E-state index contributed by atoms with van der Waals surface area (Å²) in [6.07, 6.45) is 0. The van der Waals surface area contributed by atoms with Gasteiger partial charge in [-0.15, -0.1) is 0 Å². The molecule has 6 nitrogen and oxygen atoms in total. The van der Waals surface area contributed by atoms with Crippen molar-refractivity contribution in [1.29, 1.82) is 0 Å². The zero-order valence-electron chi connectivity index (χ0n) is 8.28. The molecule has 0 aliphatic carbocycles. The molecule has 1 aromatic carbocycles. The molecule has 15 heavy (non-hydrogen) atoms. The van der Waals surface area contributed by atoms with Gasteiger partial charge in [0.05, 0.1) is 6.04 Å². The van der Waals surface area contributed by atoms with E-state index in [1.165, 1.54) is 0 Å². The molecule has 76 valence electrons. The molecule has 0 saturated carbocycles. The molecule has 0 spiro atoms. The van der Waals surface area contributed by atoms with Gasteiger partial charge in [0, 0.05) is 16.4 Å². The van der Waals surface area contributed by atoms with Gasteiger partial charge in [0.15, 0.2) is 0 Å². The predicted octanol–water partition coefficient (Wildman–Crippen LogP) is 3.66. The number of rotatable bonds is 4. The first-order valence-corrected chi connectivity index (χ1v) is 4.39. The second-order valence-electron chi connectivity index (χ2n) is 3.05. The van der Waals surface area contributed by atoms with Crippen LogP contribution in [0, 0.1) is 6.92 Å². The Balaban J connectivity index is 2.97. The van der Waals surface area contributed by atoms with Crippen LogP contribution in [0.1, 0.15) is 17.2 Å². The van der Waals surface area contributed by atoms with Crippen molar-refractivity contribution >= 4 is 0 Å². The topological polar surface area (TPSA) is 97.5 Å². The van der Waals surface area contributed by atoms with E-state index in [0.717, 1.165) is 11.1 Å². The highest BCUT2D eigenvalue weighted by molar-refractivity contribution is 5.25. The van der Waals surface area contributed by atoms with Crippen LogP contribution in [0.15, 0.2) is 34.5 Å². The molecular weight excluding hydrogens is 192 g/mol. The molecule has 0 aliphatic heterocycles. The van der Waals surface area contributed by atoms with Crippen LogP contribution >= 0.6 is 0 Å². The van der Waals surface area contributed by atoms with E-state index in [1.54, 1.807) is 0 Å². The van der Waals surface area contributed by atoms with Gasteiger partial charge in [-0.25, -0.2) is 0 Å². The zero-order chi connectivity index (χ0) is 11.1. The Morgan fingerprint density at radius 2 is 2.13 bits per heavy atom. The van der Waals surface area contributed by atoms with Crippen molar-refractivity contribution in [3.05, 3.63) is 56.3 Å². The molecule has 0 saturated heterocycles. The molecule has 0 bridgehead atoms. The van der Waals surface area contributed by atoms with Crippen LogP contribution in [0.5, 0.6) is 0 Å². The van der Waals surface area contributed by atoms with Crippen LogP contribution in [0.2, 0.25) is 0 Å². The first-order valence-electron chi connectivity index (χ1n) is 4.39. The summed E-state index contributed by atoms with van der Waals surface area (Å²) in [4.78, 5) is 5.38. The standard InChI is InChI=1S/C9H10N6/c1-7-3-2-4-8(5-7)9(13-15-11)6-12-14-10/h2-5,9H,6H2,1H3. The minimum absolute atomic E-state index is 0.143. The Bertz CT molecular complexity index is 428. The number of azide groups is 2. The quantitative estimate of drug-likeness (QED) is 0.404. The highest BCUT2D eigenvalue weighted by Crippen LogP contribution is 2.19. The van der Waals surface area contributed by atoms with E-state index in [9.17, 15) is 0 Å². The largest absolute Gasteiger partial charge is 0.0932 e. The SMILES string of the molecule is Cc1cccc(C(CN=[N+]=[N-])N=[N+]=[N-])c1. The molecule has 0 N–H and O–H groups in total. The van der Waals surface area contributed by atoms with E-state index in [1.807, 2.05) is 31.2 Å². The van der Waals surface area contributed by atoms with E-state index in [2.05, 4.69) is 20.1 Å². The lowest BCUT2D eigenvalue weighted by Gasteiger charge is -2.08. The maximum Gasteiger partial charge on any atom is 0.0681 e. The summed E-state index contributed by atoms with van der Waals surface area (Å²) in [7, 11) is 0. The fraction of sp³-hybridized carbons (Fsp3) is 0.333. The normalized spacial score (nSPS) is 11.0. The van der Waals surface area contributed by atoms with E-state index in [-0.39, 0.29) is 6.54 Å². The zero-order valence-corrected chi connectivity index (χ0v) is 8.28. The van der Waals surface area contributed by atoms with Crippen LogP contribution in [0.4, 0.5) is 0 Å². The Kier molecular flexibility index (Phi) is 4.04. The molecule has 0 aliphatic rings. The summed E-state index contributed by atoms with van der Waals surface area (Å²) in [5, 5.41) is 7.00. The van der Waals surface area contributed by atoms with Crippen molar-refractivity contribution in [1.82, 2.24) is 0 Å². The third kappa shape index (κ3) is 3.23. The number of hydrogen-bond donors (Lipinski definition) is 0. The van der Waals surface area contributed by atoms with Gasteiger partial charge in [0.2, 0.25) is 0 Å². The number of benzene rings is 1. The summed E-state index contributed by atoms with van der Waals surface area (Å²) in [6.45, 7) is 2.09. The molecule has 0 radical (unpaired) electrons. The number of nitrogens with zero attached hydrogens (tertiary/aromatic N) is 6. The molecule has 0 heterocycles. The Morgan fingerprint density at radius 3 is 2.73 bits per heavy atom. The minimum Gasteiger partial charge on any atom is -0.0932 e. The first kappa shape index (κ1) is 10.9.